The molecule has 0 radical (unpaired) electrons. The molecular formula is C13H10FN3O2. The summed E-state index contributed by atoms with van der Waals surface area (Å²) in [6, 6.07) is 9.33. The van der Waals surface area contributed by atoms with E-state index in [4.69, 9.17) is 10.5 Å². The molecule has 0 saturated carbocycles. The van der Waals surface area contributed by atoms with Gasteiger partial charge in [0.2, 0.25) is 0 Å². The minimum Gasteiger partial charge on any atom is -0.455 e. The summed E-state index contributed by atoms with van der Waals surface area (Å²) in [5.41, 5.74) is 6.52. The molecule has 0 spiro atoms. The SMILES string of the molecule is Nc1c(F)cccc1Oc1ccc2[nH]c(=O)[nH]c2c1. The lowest BCUT2D eigenvalue weighted by atomic mass is 10.2. The number of hydrogen-bond acceptors (Lipinski definition) is 3. The highest BCUT2D eigenvalue weighted by atomic mass is 19.1. The second kappa shape index (κ2) is 4.16. The molecule has 0 fully saturated rings. The molecule has 5 nitrogen and oxygen atoms in total. The average Bonchev–Trinajstić information content (AvgIpc) is 2.74. The molecule has 0 aliphatic heterocycles. The quantitative estimate of drug-likeness (QED) is 0.618. The molecule has 0 atom stereocenters. The third-order valence-corrected chi connectivity index (χ3v) is 2.73. The first-order chi connectivity index (χ1) is 9.13. The number of nitrogens with one attached hydrogen (secondary N) is 2. The smallest absolute Gasteiger partial charge is 0.323 e. The fourth-order valence-electron chi connectivity index (χ4n) is 1.81. The number of nitrogens with two attached hydrogens (primary N) is 1. The number of aromatic amines is 2. The molecule has 0 aliphatic rings. The molecule has 0 amide bonds. The molecule has 2 aromatic carbocycles. The molecule has 0 unspecified atom stereocenters. The highest BCUT2D eigenvalue weighted by Gasteiger charge is 2.07. The summed E-state index contributed by atoms with van der Waals surface area (Å²) in [4.78, 5) is 16.4. The summed E-state index contributed by atoms with van der Waals surface area (Å²) in [6.07, 6.45) is 0. The van der Waals surface area contributed by atoms with Crippen molar-refractivity contribution < 1.29 is 9.13 Å². The van der Waals surface area contributed by atoms with Gasteiger partial charge in [-0.05, 0) is 24.3 Å². The van der Waals surface area contributed by atoms with Crippen molar-refractivity contribution in [3.05, 3.63) is 52.7 Å². The summed E-state index contributed by atoms with van der Waals surface area (Å²) in [5.74, 6) is 0.158. The Labute approximate surface area is 106 Å². The van der Waals surface area contributed by atoms with Crippen LogP contribution in [0, 0.1) is 5.82 Å². The Hall–Kier alpha value is -2.76. The number of H-pyrrole nitrogens is 2. The van der Waals surface area contributed by atoms with Crippen molar-refractivity contribution in [3.63, 3.8) is 0 Å². The van der Waals surface area contributed by atoms with Crippen molar-refractivity contribution in [3.8, 4) is 11.5 Å². The number of aromatic nitrogens is 2. The first-order valence-electron chi connectivity index (χ1n) is 5.57. The lowest BCUT2D eigenvalue weighted by Gasteiger charge is -2.08. The molecule has 0 saturated heterocycles. The van der Waals surface area contributed by atoms with Crippen LogP contribution in [-0.2, 0) is 0 Å². The van der Waals surface area contributed by atoms with Crippen LogP contribution in [0.3, 0.4) is 0 Å². The van der Waals surface area contributed by atoms with Crippen LogP contribution in [0.4, 0.5) is 10.1 Å². The van der Waals surface area contributed by atoms with E-state index in [2.05, 4.69) is 9.97 Å². The molecular weight excluding hydrogens is 249 g/mol. The maximum Gasteiger partial charge on any atom is 0.323 e. The van der Waals surface area contributed by atoms with Crippen molar-refractivity contribution in [2.75, 3.05) is 5.73 Å². The zero-order valence-electron chi connectivity index (χ0n) is 9.74. The molecule has 3 rings (SSSR count). The molecule has 1 heterocycles. The predicted octanol–water partition coefficient (Wildman–Crippen LogP) is 2.37. The van der Waals surface area contributed by atoms with Gasteiger partial charge < -0.3 is 20.4 Å². The number of imidazole rings is 1. The summed E-state index contributed by atoms with van der Waals surface area (Å²) >= 11 is 0. The topological polar surface area (TPSA) is 83.9 Å². The number of ether oxygens (including phenoxy) is 1. The van der Waals surface area contributed by atoms with Gasteiger partial charge in [0.25, 0.3) is 0 Å². The molecule has 0 aliphatic carbocycles. The molecule has 1 aromatic heterocycles. The second-order valence-corrected chi connectivity index (χ2v) is 4.04. The van der Waals surface area contributed by atoms with E-state index in [1.807, 2.05) is 0 Å². The van der Waals surface area contributed by atoms with Gasteiger partial charge in [0, 0.05) is 6.07 Å². The van der Waals surface area contributed by atoms with Crippen molar-refractivity contribution in [2.45, 2.75) is 0 Å². The van der Waals surface area contributed by atoms with Gasteiger partial charge in [0.15, 0.2) is 5.75 Å². The van der Waals surface area contributed by atoms with E-state index in [1.165, 1.54) is 12.1 Å². The average molecular weight is 259 g/mol. The third-order valence-electron chi connectivity index (χ3n) is 2.73. The van der Waals surface area contributed by atoms with Crippen LogP contribution >= 0.6 is 0 Å². The van der Waals surface area contributed by atoms with Crippen LogP contribution in [0.2, 0.25) is 0 Å². The van der Waals surface area contributed by atoms with Crippen molar-refractivity contribution in [2.24, 2.45) is 0 Å². The minimum absolute atomic E-state index is 0.0508. The largest absolute Gasteiger partial charge is 0.455 e. The normalized spacial score (nSPS) is 10.8. The molecule has 6 heteroatoms. The van der Waals surface area contributed by atoms with Crippen LogP contribution in [-0.4, -0.2) is 9.97 Å². The Bertz CT molecular complexity index is 807. The Morgan fingerprint density at radius 1 is 1.11 bits per heavy atom. The monoisotopic (exact) mass is 259 g/mol. The highest BCUT2D eigenvalue weighted by molar-refractivity contribution is 5.76. The van der Waals surface area contributed by atoms with Gasteiger partial charge in [-0.3, -0.25) is 0 Å². The van der Waals surface area contributed by atoms with Crippen molar-refractivity contribution >= 4 is 16.7 Å². The van der Waals surface area contributed by atoms with E-state index < -0.39 is 5.82 Å². The molecule has 0 bridgehead atoms. The number of anilines is 1. The van der Waals surface area contributed by atoms with E-state index in [9.17, 15) is 9.18 Å². The van der Waals surface area contributed by atoms with Crippen LogP contribution in [0.1, 0.15) is 0 Å². The number of halogens is 1. The van der Waals surface area contributed by atoms with Gasteiger partial charge in [0.1, 0.15) is 17.3 Å². The van der Waals surface area contributed by atoms with Gasteiger partial charge in [-0.15, -0.1) is 0 Å². The number of hydrogen-bond donors (Lipinski definition) is 3. The molecule has 19 heavy (non-hydrogen) atoms. The maximum absolute atomic E-state index is 13.3. The van der Waals surface area contributed by atoms with Crippen LogP contribution < -0.4 is 16.2 Å². The third kappa shape index (κ3) is 2.03. The maximum atomic E-state index is 13.3. The van der Waals surface area contributed by atoms with Crippen LogP contribution in [0.5, 0.6) is 11.5 Å². The Morgan fingerprint density at radius 3 is 2.74 bits per heavy atom. The van der Waals surface area contributed by atoms with Crippen LogP contribution in [0.25, 0.3) is 11.0 Å². The Kier molecular flexibility index (Phi) is 2.49. The number of benzene rings is 2. The summed E-state index contributed by atoms with van der Waals surface area (Å²) in [6.45, 7) is 0. The fourth-order valence-corrected chi connectivity index (χ4v) is 1.81. The number of rotatable bonds is 2. The lowest BCUT2D eigenvalue weighted by molar-refractivity contribution is 0.481. The molecule has 4 N–H and O–H groups in total. The summed E-state index contributed by atoms with van der Waals surface area (Å²) < 4.78 is 18.8. The van der Waals surface area contributed by atoms with E-state index >= 15 is 0 Å². The van der Waals surface area contributed by atoms with E-state index in [0.717, 1.165) is 0 Å². The van der Waals surface area contributed by atoms with E-state index in [0.29, 0.717) is 16.8 Å². The first-order valence-corrected chi connectivity index (χ1v) is 5.57. The summed E-state index contributed by atoms with van der Waals surface area (Å²) in [7, 11) is 0. The second-order valence-electron chi connectivity index (χ2n) is 4.04. The molecule has 96 valence electrons. The zero-order chi connectivity index (χ0) is 13.4. The fraction of sp³-hybridized carbons (Fsp3) is 0. The van der Waals surface area contributed by atoms with E-state index in [-0.39, 0.29) is 17.1 Å². The van der Waals surface area contributed by atoms with Gasteiger partial charge in [-0.25, -0.2) is 9.18 Å². The highest BCUT2D eigenvalue weighted by Crippen LogP contribution is 2.29. The van der Waals surface area contributed by atoms with Gasteiger partial charge >= 0.3 is 5.69 Å². The van der Waals surface area contributed by atoms with Crippen molar-refractivity contribution in [1.29, 1.82) is 0 Å². The van der Waals surface area contributed by atoms with Crippen molar-refractivity contribution in [1.82, 2.24) is 9.97 Å². The molecule has 3 aromatic rings. The van der Waals surface area contributed by atoms with Gasteiger partial charge in [0.05, 0.1) is 11.0 Å². The predicted molar refractivity (Wildman–Crippen MR) is 69.8 cm³/mol. The van der Waals surface area contributed by atoms with E-state index in [1.54, 1.807) is 24.3 Å². The van der Waals surface area contributed by atoms with Gasteiger partial charge in [-0.1, -0.05) is 6.07 Å². The summed E-state index contributed by atoms with van der Waals surface area (Å²) in [5, 5.41) is 0. The minimum atomic E-state index is -0.534. The zero-order valence-corrected chi connectivity index (χ0v) is 9.74. The number of para-hydroxylation sites is 1. The Balaban J connectivity index is 2.00. The van der Waals surface area contributed by atoms with Crippen LogP contribution in [0.15, 0.2) is 41.2 Å². The Morgan fingerprint density at radius 2 is 1.89 bits per heavy atom. The lowest BCUT2D eigenvalue weighted by Crippen LogP contribution is -1.99. The first kappa shape index (κ1) is 11.3. The number of nitrogen functional groups attached to an aromatic ring is 1. The standard InChI is InChI=1S/C13H10FN3O2/c14-8-2-1-3-11(12(8)15)19-7-4-5-9-10(6-7)17-13(18)16-9/h1-6H,15H2,(H2,16,17,18). The van der Waals surface area contributed by atoms with Gasteiger partial charge in [-0.2, -0.15) is 0 Å². The number of fused-ring (bicyclic) bond motifs is 1.